The molecule has 0 aliphatic rings. The van der Waals surface area contributed by atoms with Gasteiger partial charge in [0, 0.05) is 22.8 Å². The van der Waals surface area contributed by atoms with Gasteiger partial charge in [-0.1, -0.05) is 47.5 Å². The lowest BCUT2D eigenvalue weighted by molar-refractivity contribution is 0.303. The first-order valence-corrected chi connectivity index (χ1v) is 9.17. The maximum absolute atomic E-state index is 6.20. The summed E-state index contributed by atoms with van der Waals surface area (Å²) in [5, 5.41) is 4.18. The molecule has 0 fully saturated rings. The second kappa shape index (κ2) is 8.29. The molecular formula is C23H24ClNO. The molecule has 0 radical (unpaired) electrons. The normalized spacial score (nSPS) is 10.6. The number of rotatable bonds is 6. The molecule has 134 valence electrons. The largest absolute Gasteiger partial charge is 0.489 e. The summed E-state index contributed by atoms with van der Waals surface area (Å²) in [7, 11) is 0. The first kappa shape index (κ1) is 18.3. The van der Waals surface area contributed by atoms with Crippen LogP contribution >= 0.6 is 11.6 Å². The number of aryl methyl sites for hydroxylation is 3. The van der Waals surface area contributed by atoms with E-state index in [0.717, 1.165) is 22.6 Å². The first-order chi connectivity index (χ1) is 12.5. The molecular weight excluding hydrogens is 342 g/mol. The van der Waals surface area contributed by atoms with Crippen molar-refractivity contribution in [3.63, 3.8) is 0 Å². The minimum atomic E-state index is 0.542. The average Bonchev–Trinajstić information content (AvgIpc) is 2.62. The molecule has 1 N–H and O–H groups in total. The summed E-state index contributed by atoms with van der Waals surface area (Å²) in [5.74, 6) is 0.854. The van der Waals surface area contributed by atoms with Crippen LogP contribution in [0.3, 0.4) is 0 Å². The van der Waals surface area contributed by atoms with Crippen molar-refractivity contribution in [3.8, 4) is 5.75 Å². The zero-order chi connectivity index (χ0) is 18.5. The van der Waals surface area contributed by atoms with Crippen LogP contribution in [0.2, 0.25) is 5.02 Å². The average molecular weight is 366 g/mol. The third kappa shape index (κ3) is 4.80. The van der Waals surface area contributed by atoms with Crippen molar-refractivity contribution >= 4 is 17.3 Å². The number of benzene rings is 3. The van der Waals surface area contributed by atoms with Gasteiger partial charge in [0.05, 0.1) is 0 Å². The Bertz CT molecular complexity index is 904. The molecule has 0 atom stereocenters. The fraction of sp³-hybridized carbons (Fsp3) is 0.217. The summed E-state index contributed by atoms with van der Waals surface area (Å²) in [6, 6.07) is 20.5. The van der Waals surface area contributed by atoms with Crippen LogP contribution in [-0.4, -0.2) is 0 Å². The van der Waals surface area contributed by atoms with Gasteiger partial charge in [0.1, 0.15) is 12.4 Å². The minimum absolute atomic E-state index is 0.542. The number of hydrogen-bond donors (Lipinski definition) is 1. The van der Waals surface area contributed by atoms with Crippen LogP contribution in [0.1, 0.15) is 27.8 Å². The number of hydrogen-bond acceptors (Lipinski definition) is 2. The second-order valence-corrected chi connectivity index (χ2v) is 7.12. The van der Waals surface area contributed by atoms with Gasteiger partial charge in [-0.05, 0) is 67.8 Å². The van der Waals surface area contributed by atoms with Crippen LogP contribution in [0.5, 0.6) is 5.75 Å². The van der Waals surface area contributed by atoms with Crippen molar-refractivity contribution in [2.75, 3.05) is 5.32 Å². The maximum atomic E-state index is 6.20. The molecule has 3 heteroatoms. The Kier molecular flexibility index (Phi) is 5.85. The highest BCUT2D eigenvalue weighted by Gasteiger charge is 2.06. The molecule has 0 saturated carbocycles. The van der Waals surface area contributed by atoms with E-state index in [1.54, 1.807) is 0 Å². The van der Waals surface area contributed by atoms with Crippen molar-refractivity contribution in [2.45, 2.75) is 33.9 Å². The smallest absolute Gasteiger partial charge is 0.124 e. The third-order valence-electron chi connectivity index (χ3n) is 4.49. The molecule has 0 spiro atoms. The van der Waals surface area contributed by atoms with Gasteiger partial charge in [-0.3, -0.25) is 0 Å². The van der Waals surface area contributed by atoms with Crippen molar-refractivity contribution in [1.29, 1.82) is 0 Å². The van der Waals surface area contributed by atoms with Crippen LogP contribution < -0.4 is 10.1 Å². The van der Waals surface area contributed by atoms with Crippen molar-refractivity contribution in [2.24, 2.45) is 0 Å². The Morgan fingerprint density at radius 1 is 0.885 bits per heavy atom. The van der Waals surface area contributed by atoms with E-state index in [9.17, 15) is 0 Å². The van der Waals surface area contributed by atoms with Crippen LogP contribution in [-0.2, 0) is 13.2 Å². The van der Waals surface area contributed by atoms with E-state index in [0.29, 0.717) is 18.2 Å². The van der Waals surface area contributed by atoms with Gasteiger partial charge >= 0.3 is 0 Å². The van der Waals surface area contributed by atoms with Gasteiger partial charge in [-0.25, -0.2) is 0 Å². The van der Waals surface area contributed by atoms with E-state index in [1.807, 2.05) is 18.2 Å². The molecule has 0 aliphatic carbocycles. The topological polar surface area (TPSA) is 21.3 Å². The summed E-state index contributed by atoms with van der Waals surface area (Å²) >= 11 is 6.20. The number of nitrogens with one attached hydrogen (secondary N) is 1. The molecule has 0 amide bonds. The van der Waals surface area contributed by atoms with Gasteiger partial charge in [-0.15, -0.1) is 0 Å². The summed E-state index contributed by atoms with van der Waals surface area (Å²) < 4.78 is 6.07. The lowest BCUT2D eigenvalue weighted by Gasteiger charge is -2.14. The number of halogens is 1. The molecule has 3 aromatic rings. The Labute approximate surface area is 160 Å². The van der Waals surface area contributed by atoms with Crippen LogP contribution in [0.15, 0.2) is 60.7 Å². The monoisotopic (exact) mass is 365 g/mol. The SMILES string of the molecule is Cc1cccc(COc2ccc(Cl)cc2CNc2ccc(C)c(C)c2)c1. The molecule has 0 saturated heterocycles. The van der Waals surface area contributed by atoms with Crippen molar-refractivity contribution in [1.82, 2.24) is 0 Å². The maximum Gasteiger partial charge on any atom is 0.124 e. The van der Waals surface area contributed by atoms with Gasteiger partial charge in [0.15, 0.2) is 0 Å². The Balaban J connectivity index is 1.71. The summed E-state index contributed by atoms with van der Waals surface area (Å²) in [6.07, 6.45) is 0. The summed E-state index contributed by atoms with van der Waals surface area (Å²) in [5.41, 5.74) is 7.10. The minimum Gasteiger partial charge on any atom is -0.489 e. The summed E-state index contributed by atoms with van der Waals surface area (Å²) in [4.78, 5) is 0. The van der Waals surface area contributed by atoms with E-state index in [2.05, 4.69) is 68.6 Å². The van der Waals surface area contributed by atoms with Crippen molar-refractivity contribution in [3.05, 3.63) is 93.5 Å². The third-order valence-corrected chi connectivity index (χ3v) is 4.72. The molecule has 3 rings (SSSR count). The highest BCUT2D eigenvalue weighted by atomic mass is 35.5. The highest BCUT2D eigenvalue weighted by molar-refractivity contribution is 6.30. The lowest BCUT2D eigenvalue weighted by Crippen LogP contribution is -2.04. The molecule has 3 aromatic carbocycles. The highest BCUT2D eigenvalue weighted by Crippen LogP contribution is 2.25. The molecule has 0 unspecified atom stereocenters. The number of anilines is 1. The van der Waals surface area contributed by atoms with E-state index in [-0.39, 0.29) is 0 Å². The van der Waals surface area contributed by atoms with Crippen LogP contribution in [0, 0.1) is 20.8 Å². The van der Waals surface area contributed by atoms with E-state index in [4.69, 9.17) is 16.3 Å². The Morgan fingerprint density at radius 2 is 1.73 bits per heavy atom. The van der Waals surface area contributed by atoms with Gasteiger partial charge < -0.3 is 10.1 Å². The predicted molar refractivity (Wildman–Crippen MR) is 110 cm³/mol. The molecule has 0 aliphatic heterocycles. The fourth-order valence-electron chi connectivity index (χ4n) is 2.84. The predicted octanol–water partition coefficient (Wildman–Crippen LogP) is 6.46. The Morgan fingerprint density at radius 3 is 2.50 bits per heavy atom. The zero-order valence-corrected chi connectivity index (χ0v) is 16.2. The number of ether oxygens (including phenoxy) is 1. The van der Waals surface area contributed by atoms with Crippen LogP contribution in [0.4, 0.5) is 5.69 Å². The van der Waals surface area contributed by atoms with Gasteiger partial charge in [0.2, 0.25) is 0 Å². The van der Waals surface area contributed by atoms with Gasteiger partial charge in [0.25, 0.3) is 0 Å². The zero-order valence-electron chi connectivity index (χ0n) is 15.5. The molecule has 26 heavy (non-hydrogen) atoms. The van der Waals surface area contributed by atoms with E-state index in [1.165, 1.54) is 16.7 Å². The standard InChI is InChI=1S/C23H24ClNO/c1-16-5-4-6-19(11-16)15-26-23-10-8-21(24)13-20(23)14-25-22-9-7-17(2)18(3)12-22/h4-13,25H,14-15H2,1-3H3. The summed E-state index contributed by atoms with van der Waals surface area (Å²) in [6.45, 7) is 7.53. The molecule has 0 aromatic heterocycles. The van der Waals surface area contributed by atoms with Crippen LogP contribution in [0.25, 0.3) is 0 Å². The van der Waals surface area contributed by atoms with Gasteiger partial charge in [-0.2, -0.15) is 0 Å². The molecule has 0 bridgehead atoms. The lowest BCUT2D eigenvalue weighted by atomic mass is 10.1. The Hall–Kier alpha value is -2.45. The molecule has 2 nitrogen and oxygen atoms in total. The quantitative estimate of drug-likeness (QED) is 0.541. The molecule has 0 heterocycles. The first-order valence-electron chi connectivity index (χ1n) is 8.79. The fourth-order valence-corrected chi connectivity index (χ4v) is 3.03. The van der Waals surface area contributed by atoms with E-state index < -0.39 is 0 Å². The second-order valence-electron chi connectivity index (χ2n) is 6.68. The van der Waals surface area contributed by atoms with Crippen molar-refractivity contribution < 1.29 is 4.74 Å². The van der Waals surface area contributed by atoms with E-state index >= 15 is 0 Å².